The van der Waals surface area contributed by atoms with Gasteiger partial charge in [0.1, 0.15) is 23.3 Å². The van der Waals surface area contributed by atoms with Crippen LogP contribution in [-0.4, -0.2) is 9.97 Å². The number of anilines is 2. The third kappa shape index (κ3) is 3.19. The van der Waals surface area contributed by atoms with Crippen molar-refractivity contribution in [3.63, 3.8) is 0 Å². The molecular weight excluding hydrogens is 243 g/mol. The third-order valence-corrected chi connectivity index (χ3v) is 2.84. The number of nitrogens with zero attached hydrogens (tertiary/aromatic N) is 2. The lowest BCUT2D eigenvalue weighted by Gasteiger charge is -2.16. The minimum atomic E-state index is -0.236. The first-order chi connectivity index (χ1) is 9.10. The largest absolute Gasteiger partial charge is 0.384 e. The highest BCUT2D eigenvalue weighted by atomic mass is 19.1. The molecule has 1 atom stereocenters. The zero-order valence-electron chi connectivity index (χ0n) is 11.0. The molecule has 0 aliphatic rings. The number of hydrogen-bond acceptors (Lipinski definition) is 4. The minimum absolute atomic E-state index is 0.194. The Hall–Kier alpha value is -2.17. The number of nitrogen functional groups attached to an aromatic ring is 1. The number of nitrogens with one attached hydrogen (secondary N) is 1. The van der Waals surface area contributed by atoms with Crippen molar-refractivity contribution in [1.82, 2.24) is 9.97 Å². The summed E-state index contributed by atoms with van der Waals surface area (Å²) < 4.78 is 13.7. The highest BCUT2D eigenvalue weighted by molar-refractivity contribution is 5.46. The van der Waals surface area contributed by atoms with Crippen LogP contribution in [0.1, 0.15) is 31.3 Å². The van der Waals surface area contributed by atoms with Gasteiger partial charge in [0.05, 0.1) is 6.04 Å². The molecule has 0 radical (unpaired) electrons. The maximum absolute atomic E-state index is 13.7. The number of benzene rings is 1. The SMILES string of the molecule is CCc1nc(N)cc(NC(C)c2ccccc2F)n1. The summed E-state index contributed by atoms with van der Waals surface area (Å²) in [5.41, 5.74) is 6.31. The van der Waals surface area contributed by atoms with E-state index in [9.17, 15) is 4.39 Å². The molecule has 0 saturated carbocycles. The van der Waals surface area contributed by atoms with Crippen LogP contribution >= 0.6 is 0 Å². The van der Waals surface area contributed by atoms with E-state index < -0.39 is 0 Å². The van der Waals surface area contributed by atoms with Crippen molar-refractivity contribution in [2.75, 3.05) is 11.1 Å². The van der Waals surface area contributed by atoms with E-state index >= 15 is 0 Å². The van der Waals surface area contributed by atoms with Crippen LogP contribution in [0.5, 0.6) is 0 Å². The Balaban J connectivity index is 2.21. The molecule has 1 heterocycles. The second kappa shape index (κ2) is 5.65. The van der Waals surface area contributed by atoms with Crippen LogP contribution in [0.15, 0.2) is 30.3 Å². The summed E-state index contributed by atoms with van der Waals surface area (Å²) in [6.07, 6.45) is 0.702. The second-order valence-corrected chi connectivity index (χ2v) is 4.34. The quantitative estimate of drug-likeness (QED) is 0.887. The van der Waals surface area contributed by atoms with Crippen molar-refractivity contribution in [1.29, 1.82) is 0 Å². The van der Waals surface area contributed by atoms with Crippen LogP contribution in [0, 0.1) is 5.82 Å². The van der Waals surface area contributed by atoms with Crippen molar-refractivity contribution >= 4 is 11.6 Å². The number of aromatic nitrogens is 2. The van der Waals surface area contributed by atoms with Gasteiger partial charge in [-0.2, -0.15) is 0 Å². The fourth-order valence-electron chi connectivity index (χ4n) is 1.88. The zero-order valence-corrected chi connectivity index (χ0v) is 11.0. The van der Waals surface area contributed by atoms with Crippen LogP contribution in [0.25, 0.3) is 0 Å². The molecule has 1 unspecified atom stereocenters. The maximum atomic E-state index is 13.7. The van der Waals surface area contributed by atoms with Gasteiger partial charge in [-0.3, -0.25) is 0 Å². The number of hydrogen-bond donors (Lipinski definition) is 2. The Kier molecular flexibility index (Phi) is 3.94. The lowest BCUT2D eigenvalue weighted by molar-refractivity contribution is 0.600. The number of aryl methyl sites for hydroxylation is 1. The van der Waals surface area contributed by atoms with Gasteiger partial charge in [0.25, 0.3) is 0 Å². The Morgan fingerprint density at radius 1 is 1.32 bits per heavy atom. The van der Waals surface area contributed by atoms with Gasteiger partial charge in [0, 0.05) is 18.1 Å². The smallest absolute Gasteiger partial charge is 0.132 e. The molecule has 1 aromatic heterocycles. The van der Waals surface area contributed by atoms with Gasteiger partial charge in [-0.25, -0.2) is 14.4 Å². The van der Waals surface area contributed by atoms with Gasteiger partial charge < -0.3 is 11.1 Å². The van der Waals surface area contributed by atoms with Gasteiger partial charge >= 0.3 is 0 Å². The zero-order chi connectivity index (χ0) is 13.8. The molecule has 2 aromatic rings. The van der Waals surface area contributed by atoms with E-state index in [1.165, 1.54) is 6.07 Å². The molecule has 1 aromatic carbocycles. The second-order valence-electron chi connectivity index (χ2n) is 4.34. The number of nitrogens with two attached hydrogens (primary N) is 1. The Bertz CT molecular complexity index is 571. The standard InChI is InChI=1S/C14H17FN4/c1-3-13-18-12(16)8-14(19-13)17-9(2)10-6-4-5-7-11(10)15/h4-9H,3H2,1-2H3,(H3,16,17,18,19). The normalized spacial score (nSPS) is 12.2. The third-order valence-electron chi connectivity index (χ3n) is 2.84. The molecule has 0 aliphatic heterocycles. The van der Waals surface area contributed by atoms with E-state index in [4.69, 9.17) is 5.73 Å². The van der Waals surface area contributed by atoms with Gasteiger partial charge in [0.2, 0.25) is 0 Å². The molecule has 4 nitrogen and oxygen atoms in total. The summed E-state index contributed by atoms with van der Waals surface area (Å²) in [4.78, 5) is 8.43. The first kappa shape index (κ1) is 13.3. The average Bonchev–Trinajstić information content (AvgIpc) is 2.38. The van der Waals surface area contributed by atoms with E-state index in [2.05, 4.69) is 15.3 Å². The first-order valence-electron chi connectivity index (χ1n) is 6.24. The lowest BCUT2D eigenvalue weighted by atomic mass is 10.1. The van der Waals surface area contributed by atoms with Crippen molar-refractivity contribution < 1.29 is 4.39 Å². The van der Waals surface area contributed by atoms with Crippen molar-refractivity contribution in [3.8, 4) is 0 Å². The monoisotopic (exact) mass is 260 g/mol. The molecule has 100 valence electrons. The van der Waals surface area contributed by atoms with Gasteiger partial charge in [0.15, 0.2) is 0 Å². The molecule has 19 heavy (non-hydrogen) atoms. The summed E-state index contributed by atoms with van der Waals surface area (Å²) in [6, 6.07) is 8.13. The first-order valence-corrected chi connectivity index (χ1v) is 6.24. The Labute approximate surface area is 111 Å². The van der Waals surface area contributed by atoms with E-state index in [-0.39, 0.29) is 11.9 Å². The molecule has 5 heteroatoms. The maximum Gasteiger partial charge on any atom is 0.132 e. The summed E-state index contributed by atoms with van der Waals surface area (Å²) in [5, 5.41) is 3.14. The molecule has 3 N–H and O–H groups in total. The van der Waals surface area contributed by atoms with E-state index in [1.54, 1.807) is 18.2 Å². The minimum Gasteiger partial charge on any atom is -0.384 e. The summed E-state index contributed by atoms with van der Waals surface area (Å²) in [7, 11) is 0. The van der Waals surface area contributed by atoms with Gasteiger partial charge in [-0.15, -0.1) is 0 Å². The van der Waals surface area contributed by atoms with Crippen molar-refractivity contribution in [2.45, 2.75) is 26.3 Å². The Morgan fingerprint density at radius 2 is 2.05 bits per heavy atom. The van der Waals surface area contributed by atoms with Crippen molar-refractivity contribution in [3.05, 3.63) is 47.5 Å². The predicted molar refractivity (Wildman–Crippen MR) is 74.3 cm³/mol. The van der Waals surface area contributed by atoms with Crippen LogP contribution in [-0.2, 0) is 6.42 Å². The van der Waals surface area contributed by atoms with Gasteiger partial charge in [-0.05, 0) is 13.0 Å². The highest BCUT2D eigenvalue weighted by Crippen LogP contribution is 2.21. The molecular formula is C14H17FN4. The average molecular weight is 260 g/mol. The highest BCUT2D eigenvalue weighted by Gasteiger charge is 2.11. The predicted octanol–water partition coefficient (Wildman–Crippen LogP) is 2.93. The van der Waals surface area contributed by atoms with Crippen LogP contribution < -0.4 is 11.1 Å². The van der Waals surface area contributed by atoms with Crippen molar-refractivity contribution in [2.24, 2.45) is 0 Å². The lowest BCUT2D eigenvalue weighted by Crippen LogP contribution is -2.11. The molecule has 2 rings (SSSR count). The molecule has 0 saturated heterocycles. The van der Waals surface area contributed by atoms with E-state index in [0.29, 0.717) is 29.4 Å². The summed E-state index contributed by atoms with van der Waals surface area (Å²) >= 11 is 0. The topological polar surface area (TPSA) is 63.8 Å². The number of halogens is 1. The van der Waals surface area contributed by atoms with Crippen LogP contribution in [0.3, 0.4) is 0 Å². The fraction of sp³-hybridized carbons (Fsp3) is 0.286. The fourth-order valence-corrected chi connectivity index (χ4v) is 1.88. The summed E-state index contributed by atoms with van der Waals surface area (Å²) in [5.74, 6) is 1.46. The molecule has 0 bridgehead atoms. The molecule has 0 spiro atoms. The van der Waals surface area contributed by atoms with Crippen LogP contribution in [0.2, 0.25) is 0 Å². The summed E-state index contributed by atoms with van der Waals surface area (Å²) in [6.45, 7) is 3.83. The molecule has 0 amide bonds. The Morgan fingerprint density at radius 3 is 2.74 bits per heavy atom. The molecule has 0 fully saturated rings. The molecule has 0 aliphatic carbocycles. The van der Waals surface area contributed by atoms with E-state index in [1.807, 2.05) is 19.9 Å². The number of rotatable bonds is 4. The van der Waals surface area contributed by atoms with Gasteiger partial charge in [-0.1, -0.05) is 25.1 Å². The van der Waals surface area contributed by atoms with Crippen LogP contribution in [0.4, 0.5) is 16.0 Å². The van der Waals surface area contributed by atoms with E-state index in [0.717, 1.165) is 0 Å².